The fraction of sp³-hybridized carbons (Fsp3) is 0.490. The van der Waals surface area contributed by atoms with E-state index in [4.69, 9.17) is 20.6 Å². The number of hydrogen-bond donors (Lipinski definition) is 2. The van der Waals surface area contributed by atoms with Crippen molar-refractivity contribution in [3.05, 3.63) is 107 Å². The van der Waals surface area contributed by atoms with Gasteiger partial charge in [0.05, 0.1) is 44.0 Å². The van der Waals surface area contributed by atoms with Crippen LogP contribution in [-0.4, -0.2) is 115 Å². The highest BCUT2D eigenvalue weighted by molar-refractivity contribution is 5.98. The van der Waals surface area contributed by atoms with E-state index >= 15 is 0 Å². The van der Waals surface area contributed by atoms with Crippen LogP contribution in [-0.2, 0) is 51.0 Å². The van der Waals surface area contributed by atoms with Gasteiger partial charge >= 0.3 is 5.97 Å². The molecule has 0 aliphatic carbocycles. The van der Waals surface area contributed by atoms with Gasteiger partial charge in [0, 0.05) is 31.0 Å². The van der Waals surface area contributed by atoms with E-state index in [9.17, 15) is 28.8 Å². The summed E-state index contributed by atoms with van der Waals surface area (Å²) in [7, 11) is 0. The van der Waals surface area contributed by atoms with Crippen molar-refractivity contribution in [1.82, 2.24) is 20.4 Å². The number of aryl methyl sites for hydroxylation is 1. The van der Waals surface area contributed by atoms with Crippen molar-refractivity contribution < 1.29 is 43.0 Å². The van der Waals surface area contributed by atoms with Crippen molar-refractivity contribution >= 4 is 35.3 Å². The molecule has 2 fully saturated rings. The molecule has 3 amide bonds. The predicted molar refractivity (Wildman–Crippen MR) is 243 cm³/mol. The second kappa shape index (κ2) is 23.8. The van der Waals surface area contributed by atoms with Gasteiger partial charge in [0.25, 0.3) is 0 Å². The minimum absolute atomic E-state index is 0.0514. The fourth-order valence-electron chi connectivity index (χ4n) is 7.86. The number of ether oxygens (including phenoxy) is 3. The molecule has 0 spiro atoms. The first-order valence-corrected chi connectivity index (χ1v) is 22.4. The zero-order valence-corrected chi connectivity index (χ0v) is 37.9. The van der Waals surface area contributed by atoms with E-state index in [1.54, 1.807) is 25.1 Å². The summed E-state index contributed by atoms with van der Waals surface area (Å²) in [6, 6.07) is 22.2. The number of esters is 1. The van der Waals surface area contributed by atoms with Gasteiger partial charge in [0.2, 0.25) is 17.7 Å². The molecule has 2 aliphatic heterocycles. The number of epoxide rings is 1. The van der Waals surface area contributed by atoms with Crippen LogP contribution in [0.15, 0.2) is 84.9 Å². The molecule has 13 nitrogen and oxygen atoms in total. The molecule has 0 unspecified atom stereocenters. The van der Waals surface area contributed by atoms with Gasteiger partial charge in [0.1, 0.15) is 11.6 Å². The lowest BCUT2D eigenvalue weighted by Crippen LogP contribution is -2.56. The van der Waals surface area contributed by atoms with E-state index in [2.05, 4.69) is 16.6 Å². The summed E-state index contributed by atoms with van der Waals surface area (Å²) in [6.45, 7) is 11.1. The lowest BCUT2D eigenvalue weighted by molar-refractivity contribution is -0.147. The number of terminal acetylenes is 1. The summed E-state index contributed by atoms with van der Waals surface area (Å²) in [5, 5.41) is 5.98. The first kappa shape index (κ1) is 49.3. The number of nitrogens with one attached hydrogen (secondary N) is 2. The Hall–Kier alpha value is -5.68. The third-order valence-electron chi connectivity index (χ3n) is 11.6. The van der Waals surface area contributed by atoms with Crippen LogP contribution in [0.4, 0.5) is 0 Å². The summed E-state index contributed by atoms with van der Waals surface area (Å²) < 4.78 is 16.7. The maximum Gasteiger partial charge on any atom is 0.339 e. The molecule has 13 heteroatoms. The molecular weight excluding hydrogens is 813 g/mol. The molecule has 0 bridgehead atoms. The molecule has 0 radical (unpaired) electrons. The van der Waals surface area contributed by atoms with E-state index in [0.717, 1.165) is 11.1 Å². The van der Waals surface area contributed by atoms with Gasteiger partial charge in [-0.25, -0.2) is 4.79 Å². The summed E-state index contributed by atoms with van der Waals surface area (Å²) in [6.07, 6.45) is 6.76. The lowest BCUT2D eigenvalue weighted by atomic mass is 9.87. The SMILES string of the molecule is C#Cc1cccc(C(=O)OCN(C(=O)CN2CCOCC2)[C@@H](CCc2ccccc2)C(=O)N[C@@H](CC(C)C)C(=O)C[C@@H](Cc2ccccc2)C(=O)N[C@@H](CC(C)C)C(=O)[C@@]2(C)CO2)c1. The van der Waals surface area contributed by atoms with Crippen molar-refractivity contribution in [2.45, 2.75) is 96.9 Å². The molecule has 2 N–H and O–H groups in total. The number of morpholine rings is 1. The molecule has 64 heavy (non-hydrogen) atoms. The predicted octanol–water partition coefficient (Wildman–Crippen LogP) is 5.18. The molecule has 5 rings (SSSR count). The van der Waals surface area contributed by atoms with E-state index in [1.165, 1.54) is 11.0 Å². The molecule has 3 aromatic carbocycles. The van der Waals surface area contributed by atoms with Gasteiger partial charge in [-0.1, -0.05) is 100 Å². The second-order valence-corrected chi connectivity index (χ2v) is 17.9. The van der Waals surface area contributed by atoms with Crippen LogP contribution >= 0.6 is 0 Å². The maximum absolute atomic E-state index is 14.8. The van der Waals surface area contributed by atoms with Gasteiger partial charge < -0.3 is 24.8 Å². The van der Waals surface area contributed by atoms with Crippen LogP contribution in [0.25, 0.3) is 0 Å². The Kier molecular flexibility index (Phi) is 18.4. The monoisotopic (exact) mass is 876 g/mol. The highest BCUT2D eigenvalue weighted by Gasteiger charge is 2.50. The molecule has 2 heterocycles. The Morgan fingerprint density at radius 2 is 1.44 bits per heavy atom. The maximum atomic E-state index is 14.8. The van der Waals surface area contributed by atoms with Gasteiger partial charge in [-0.3, -0.25) is 33.8 Å². The second-order valence-electron chi connectivity index (χ2n) is 17.9. The largest absolute Gasteiger partial charge is 0.441 e. The highest BCUT2D eigenvalue weighted by atomic mass is 16.6. The van der Waals surface area contributed by atoms with Crippen LogP contribution in [0, 0.1) is 30.1 Å². The van der Waals surface area contributed by atoms with Crippen LogP contribution in [0.1, 0.15) is 87.4 Å². The summed E-state index contributed by atoms with van der Waals surface area (Å²) >= 11 is 0. The first-order valence-electron chi connectivity index (χ1n) is 22.4. The molecule has 2 saturated heterocycles. The number of Topliss-reactive ketones (excluding diaryl/α,β-unsaturated/α-hetero) is 2. The van der Waals surface area contributed by atoms with Crippen LogP contribution < -0.4 is 10.6 Å². The minimum Gasteiger partial charge on any atom is -0.441 e. The average Bonchev–Trinajstić information content (AvgIpc) is 4.04. The quantitative estimate of drug-likeness (QED) is 0.0531. The topological polar surface area (TPSA) is 164 Å². The third kappa shape index (κ3) is 15.0. The van der Waals surface area contributed by atoms with Crippen molar-refractivity contribution in [3.8, 4) is 12.3 Å². The number of hydrogen-bond acceptors (Lipinski definition) is 10. The minimum atomic E-state index is -1.17. The van der Waals surface area contributed by atoms with E-state index in [1.807, 2.05) is 93.3 Å². The normalized spacial score (nSPS) is 17.9. The average molecular weight is 877 g/mol. The van der Waals surface area contributed by atoms with Gasteiger partial charge in [-0.15, -0.1) is 6.42 Å². The number of carbonyl (C=O) groups excluding carboxylic acids is 6. The Morgan fingerprint density at radius 3 is 2.05 bits per heavy atom. The highest BCUT2D eigenvalue weighted by Crippen LogP contribution is 2.30. The number of amides is 3. The number of benzene rings is 3. The van der Waals surface area contributed by atoms with Crippen LogP contribution in [0.5, 0.6) is 0 Å². The van der Waals surface area contributed by atoms with E-state index in [-0.39, 0.29) is 67.8 Å². The molecule has 342 valence electrons. The Morgan fingerprint density at radius 1 is 0.828 bits per heavy atom. The first-order chi connectivity index (χ1) is 30.6. The molecule has 0 aromatic heterocycles. The van der Waals surface area contributed by atoms with Crippen molar-refractivity contribution in [1.29, 1.82) is 0 Å². The number of carbonyl (C=O) groups is 6. The van der Waals surface area contributed by atoms with E-state index < -0.39 is 60.1 Å². The summed E-state index contributed by atoms with van der Waals surface area (Å²) in [5.41, 5.74) is 1.47. The number of ketones is 2. The molecular formula is C51H64N4O9. The molecule has 2 aliphatic rings. The summed E-state index contributed by atoms with van der Waals surface area (Å²) in [4.78, 5) is 88.3. The summed E-state index contributed by atoms with van der Waals surface area (Å²) in [5.74, 6) is -1.10. The fourth-order valence-corrected chi connectivity index (χ4v) is 7.86. The number of nitrogens with zero attached hydrogens (tertiary/aromatic N) is 2. The lowest BCUT2D eigenvalue weighted by Gasteiger charge is -2.34. The van der Waals surface area contributed by atoms with Crippen LogP contribution in [0.3, 0.4) is 0 Å². The Bertz CT molecular complexity index is 2090. The zero-order chi connectivity index (χ0) is 46.2. The molecule has 0 saturated carbocycles. The molecule has 3 aromatic rings. The Balaban J connectivity index is 1.43. The zero-order valence-electron chi connectivity index (χ0n) is 37.9. The van der Waals surface area contributed by atoms with Gasteiger partial charge in [0.15, 0.2) is 18.3 Å². The van der Waals surface area contributed by atoms with Crippen molar-refractivity contribution in [2.24, 2.45) is 17.8 Å². The van der Waals surface area contributed by atoms with Crippen molar-refractivity contribution in [3.63, 3.8) is 0 Å². The van der Waals surface area contributed by atoms with Crippen molar-refractivity contribution in [2.75, 3.05) is 46.2 Å². The smallest absolute Gasteiger partial charge is 0.339 e. The van der Waals surface area contributed by atoms with Gasteiger partial charge in [-0.2, -0.15) is 0 Å². The third-order valence-corrected chi connectivity index (χ3v) is 11.6. The number of rotatable bonds is 24. The standard InChI is InChI=1S/C51H64N4O9/c1-7-37-19-14-20-40(29-37)50(61)63-34-55(46(57)32-54-23-25-62-26-24-54)44(22-21-38-15-10-8-11-16-38)49(60)52-42(27-35(2)3)45(56)31-41(30-39-17-12-9-13-18-39)48(59)53-43(28-36(4)5)47(58)51(6)33-64-51/h1,8-20,29,35-36,41-44H,21-28,30-34H2,2-6H3,(H,52,60)(H,53,59)/t41-,42+,43+,44+,51-/m1/s1. The Labute approximate surface area is 378 Å². The van der Waals surface area contributed by atoms with Gasteiger partial charge in [-0.05, 0) is 80.2 Å². The van der Waals surface area contributed by atoms with E-state index in [0.29, 0.717) is 44.7 Å². The van der Waals surface area contributed by atoms with Crippen LogP contribution in [0.2, 0.25) is 0 Å². The molecule has 5 atom stereocenters.